The number of ether oxygens (including phenoxy) is 1. The molecule has 2 heteroatoms. The minimum absolute atomic E-state index is 0.00741. The molecule has 0 aliphatic rings. The Kier molecular flexibility index (Phi) is 4.01. The maximum atomic E-state index is 9.20. The Morgan fingerprint density at radius 1 is 1.00 bits per heavy atom. The second kappa shape index (κ2) is 5.90. The van der Waals surface area contributed by atoms with Gasteiger partial charge in [0.25, 0.3) is 0 Å². The van der Waals surface area contributed by atoms with E-state index in [9.17, 15) is 5.11 Å². The van der Waals surface area contributed by atoms with E-state index in [0.717, 1.165) is 22.4 Å². The number of methoxy groups -OCH3 is 1. The van der Waals surface area contributed by atoms with Gasteiger partial charge in [0.05, 0.1) is 13.7 Å². The third-order valence-corrected chi connectivity index (χ3v) is 2.62. The summed E-state index contributed by atoms with van der Waals surface area (Å²) in [5.41, 5.74) is 2.62. The van der Waals surface area contributed by atoms with Crippen molar-refractivity contribution in [3.63, 3.8) is 0 Å². The highest BCUT2D eigenvalue weighted by Gasteiger charge is 1.96. The molecule has 2 aromatic rings. The van der Waals surface area contributed by atoms with Crippen LogP contribution in [-0.2, 0) is 6.61 Å². The number of aliphatic hydroxyl groups excluding tert-OH is 1. The SMILES string of the molecule is COc1ccc(C#Cc2ccccc2CO)cc1. The number of rotatable bonds is 2. The quantitative estimate of drug-likeness (QED) is 0.815. The Morgan fingerprint density at radius 2 is 1.72 bits per heavy atom. The molecule has 0 bridgehead atoms. The van der Waals surface area contributed by atoms with E-state index in [1.807, 2.05) is 48.5 Å². The average Bonchev–Trinajstić information content (AvgIpc) is 2.46. The lowest BCUT2D eigenvalue weighted by atomic mass is 10.1. The van der Waals surface area contributed by atoms with Crippen molar-refractivity contribution >= 4 is 0 Å². The van der Waals surface area contributed by atoms with E-state index in [2.05, 4.69) is 11.8 Å². The van der Waals surface area contributed by atoms with E-state index in [1.54, 1.807) is 7.11 Å². The Labute approximate surface area is 107 Å². The van der Waals surface area contributed by atoms with Crippen LogP contribution in [0, 0.1) is 11.8 Å². The van der Waals surface area contributed by atoms with Crippen LogP contribution < -0.4 is 4.74 Å². The molecule has 0 aliphatic heterocycles. The zero-order valence-electron chi connectivity index (χ0n) is 10.2. The zero-order chi connectivity index (χ0) is 12.8. The van der Waals surface area contributed by atoms with Gasteiger partial charge in [0.1, 0.15) is 5.75 Å². The molecule has 18 heavy (non-hydrogen) atoms. The molecule has 0 radical (unpaired) electrons. The molecule has 2 aromatic carbocycles. The Hall–Kier alpha value is -2.24. The van der Waals surface area contributed by atoms with E-state index in [-0.39, 0.29) is 6.61 Å². The predicted octanol–water partition coefficient (Wildman–Crippen LogP) is 2.59. The summed E-state index contributed by atoms with van der Waals surface area (Å²) in [6.45, 7) is 0.00741. The van der Waals surface area contributed by atoms with Crippen LogP contribution in [0.3, 0.4) is 0 Å². The summed E-state index contributed by atoms with van der Waals surface area (Å²) in [7, 11) is 1.64. The first-order valence-electron chi connectivity index (χ1n) is 5.68. The number of hydrogen-bond donors (Lipinski definition) is 1. The lowest BCUT2D eigenvalue weighted by molar-refractivity contribution is 0.281. The van der Waals surface area contributed by atoms with Crippen molar-refractivity contribution in [1.82, 2.24) is 0 Å². The van der Waals surface area contributed by atoms with E-state index < -0.39 is 0 Å². The summed E-state index contributed by atoms with van der Waals surface area (Å²) in [6, 6.07) is 15.2. The summed E-state index contributed by atoms with van der Waals surface area (Å²) in [5.74, 6) is 6.95. The fourth-order valence-corrected chi connectivity index (χ4v) is 1.59. The average molecular weight is 238 g/mol. The largest absolute Gasteiger partial charge is 0.497 e. The van der Waals surface area contributed by atoms with Gasteiger partial charge in [-0.05, 0) is 35.9 Å². The molecule has 0 aromatic heterocycles. The van der Waals surface area contributed by atoms with Gasteiger partial charge in [-0.2, -0.15) is 0 Å². The molecule has 2 nitrogen and oxygen atoms in total. The first-order valence-corrected chi connectivity index (χ1v) is 5.68. The van der Waals surface area contributed by atoms with Crippen LogP contribution in [0.5, 0.6) is 5.75 Å². The third kappa shape index (κ3) is 2.91. The van der Waals surface area contributed by atoms with Crippen molar-refractivity contribution in [3.8, 4) is 17.6 Å². The van der Waals surface area contributed by atoms with Crippen LogP contribution in [0.1, 0.15) is 16.7 Å². The minimum atomic E-state index is 0.00741. The molecular formula is C16H14O2. The van der Waals surface area contributed by atoms with Gasteiger partial charge in [-0.3, -0.25) is 0 Å². The molecule has 1 N–H and O–H groups in total. The predicted molar refractivity (Wildman–Crippen MR) is 71.3 cm³/mol. The highest BCUT2D eigenvalue weighted by atomic mass is 16.5. The van der Waals surface area contributed by atoms with Crippen molar-refractivity contribution in [2.24, 2.45) is 0 Å². The molecule has 0 aliphatic carbocycles. The summed E-state index contributed by atoms with van der Waals surface area (Å²) >= 11 is 0. The van der Waals surface area contributed by atoms with E-state index in [4.69, 9.17) is 4.74 Å². The van der Waals surface area contributed by atoms with Crippen LogP contribution in [0.4, 0.5) is 0 Å². The van der Waals surface area contributed by atoms with Gasteiger partial charge in [-0.15, -0.1) is 0 Å². The minimum Gasteiger partial charge on any atom is -0.497 e. The molecular weight excluding hydrogens is 224 g/mol. The third-order valence-electron chi connectivity index (χ3n) is 2.62. The van der Waals surface area contributed by atoms with Crippen molar-refractivity contribution < 1.29 is 9.84 Å². The first-order chi connectivity index (χ1) is 8.83. The smallest absolute Gasteiger partial charge is 0.118 e. The van der Waals surface area contributed by atoms with Crippen LogP contribution in [0.25, 0.3) is 0 Å². The highest BCUT2D eigenvalue weighted by molar-refractivity contribution is 5.47. The van der Waals surface area contributed by atoms with Crippen LogP contribution in [0.15, 0.2) is 48.5 Å². The van der Waals surface area contributed by atoms with E-state index in [0.29, 0.717) is 0 Å². The molecule has 0 saturated carbocycles. The van der Waals surface area contributed by atoms with E-state index in [1.165, 1.54) is 0 Å². The lowest BCUT2D eigenvalue weighted by Gasteiger charge is -1.99. The lowest BCUT2D eigenvalue weighted by Crippen LogP contribution is -1.88. The van der Waals surface area contributed by atoms with Crippen molar-refractivity contribution in [2.75, 3.05) is 7.11 Å². The van der Waals surface area contributed by atoms with Crippen LogP contribution >= 0.6 is 0 Å². The van der Waals surface area contributed by atoms with Gasteiger partial charge in [0.15, 0.2) is 0 Å². The van der Waals surface area contributed by atoms with Gasteiger partial charge in [0, 0.05) is 11.1 Å². The molecule has 0 heterocycles. The zero-order valence-corrected chi connectivity index (χ0v) is 10.2. The molecule has 0 saturated heterocycles. The summed E-state index contributed by atoms with van der Waals surface area (Å²) in [5, 5.41) is 9.20. The van der Waals surface area contributed by atoms with Crippen LogP contribution in [-0.4, -0.2) is 12.2 Å². The number of hydrogen-bond acceptors (Lipinski definition) is 2. The van der Waals surface area contributed by atoms with Crippen molar-refractivity contribution in [1.29, 1.82) is 0 Å². The summed E-state index contributed by atoms with van der Waals surface area (Å²) in [4.78, 5) is 0. The Balaban J connectivity index is 2.25. The Bertz CT molecular complexity index is 574. The second-order valence-electron chi connectivity index (χ2n) is 3.79. The number of aliphatic hydroxyl groups is 1. The maximum Gasteiger partial charge on any atom is 0.118 e. The molecule has 0 atom stereocenters. The monoisotopic (exact) mass is 238 g/mol. The van der Waals surface area contributed by atoms with E-state index >= 15 is 0 Å². The molecule has 0 fully saturated rings. The van der Waals surface area contributed by atoms with Crippen LogP contribution in [0.2, 0.25) is 0 Å². The molecule has 0 unspecified atom stereocenters. The molecule has 90 valence electrons. The first kappa shape index (κ1) is 12.2. The topological polar surface area (TPSA) is 29.5 Å². The molecule has 0 spiro atoms. The summed E-state index contributed by atoms with van der Waals surface area (Å²) < 4.78 is 5.09. The van der Waals surface area contributed by atoms with Gasteiger partial charge in [-0.1, -0.05) is 30.0 Å². The summed E-state index contributed by atoms with van der Waals surface area (Å²) in [6.07, 6.45) is 0. The highest BCUT2D eigenvalue weighted by Crippen LogP contribution is 2.11. The maximum absolute atomic E-state index is 9.20. The van der Waals surface area contributed by atoms with Gasteiger partial charge >= 0.3 is 0 Å². The van der Waals surface area contributed by atoms with Crippen molar-refractivity contribution in [3.05, 3.63) is 65.2 Å². The molecule has 0 amide bonds. The van der Waals surface area contributed by atoms with Gasteiger partial charge in [0.2, 0.25) is 0 Å². The fraction of sp³-hybridized carbons (Fsp3) is 0.125. The Morgan fingerprint density at radius 3 is 2.39 bits per heavy atom. The van der Waals surface area contributed by atoms with Gasteiger partial charge < -0.3 is 9.84 Å². The standard InChI is InChI=1S/C16H14O2/c1-18-16-10-7-13(8-11-16)6-9-14-4-2-3-5-15(14)12-17/h2-5,7-8,10-11,17H,12H2,1H3. The van der Waals surface area contributed by atoms with Gasteiger partial charge in [-0.25, -0.2) is 0 Å². The number of benzene rings is 2. The normalized spacial score (nSPS) is 9.44. The second-order valence-corrected chi connectivity index (χ2v) is 3.79. The molecule has 2 rings (SSSR count). The fourth-order valence-electron chi connectivity index (χ4n) is 1.59. The van der Waals surface area contributed by atoms with Crippen molar-refractivity contribution in [2.45, 2.75) is 6.61 Å².